The third-order valence-electron chi connectivity index (χ3n) is 4.10. The van der Waals surface area contributed by atoms with Crippen molar-refractivity contribution in [3.05, 3.63) is 52.1 Å². The summed E-state index contributed by atoms with van der Waals surface area (Å²) in [5.74, 6) is 0.638. The van der Waals surface area contributed by atoms with Gasteiger partial charge < -0.3 is 10.6 Å². The summed E-state index contributed by atoms with van der Waals surface area (Å²) in [6.45, 7) is 2.01. The Labute approximate surface area is 144 Å². The van der Waals surface area contributed by atoms with Crippen LogP contribution in [-0.2, 0) is 0 Å². The molecule has 2 N–H and O–H groups in total. The highest BCUT2D eigenvalue weighted by Crippen LogP contribution is 2.25. The average Bonchev–Trinajstić information content (AvgIpc) is 3.03. The topological polar surface area (TPSA) is 54.0 Å². The summed E-state index contributed by atoms with van der Waals surface area (Å²) in [6.07, 6.45) is 6.55. The van der Waals surface area contributed by atoms with Crippen LogP contribution in [0.1, 0.15) is 41.6 Å². The van der Waals surface area contributed by atoms with E-state index < -0.39 is 0 Å². The summed E-state index contributed by atoms with van der Waals surface area (Å²) >= 11 is 3.48. The lowest BCUT2D eigenvalue weighted by molar-refractivity contribution is 0.102. The molecular formula is C18H20BrN3O. The van der Waals surface area contributed by atoms with Gasteiger partial charge in [0.25, 0.3) is 5.91 Å². The standard InChI is InChI=1S/C18H20BrN3O/c1-12-6-7-16(15(19)10-12)22-18(23)13-8-9-20-17(11-13)21-14-4-2-3-5-14/h6-11,14H,2-5H2,1H3,(H,20,21)(H,22,23). The van der Waals surface area contributed by atoms with Gasteiger partial charge in [0.05, 0.1) is 5.69 Å². The second-order valence-corrected chi connectivity index (χ2v) is 6.85. The van der Waals surface area contributed by atoms with Gasteiger partial charge in [0.15, 0.2) is 0 Å². The normalized spacial score (nSPS) is 14.7. The molecule has 0 atom stereocenters. The van der Waals surface area contributed by atoms with Gasteiger partial charge >= 0.3 is 0 Å². The van der Waals surface area contributed by atoms with Crippen molar-refractivity contribution in [1.82, 2.24) is 4.98 Å². The molecule has 4 nitrogen and oxygen atoms in total. The first kappa shape index (κ1) is 16.0. The fraction of sp³-hybridized carbons (Fsp3) is 0.333. The van der Waals surface area contributed by atoms with Crippen LogP contribution in [0.3, 0.4) is 0 Å². The van der Waals surface area contributed by atoms with Crippen LogP contribution in [0, 0.1) is 6.92 Å². The number of carbonyl (C=O) groups excluding carboxylic acids is 1. The summed E-state index contributed by atoms with van der Waals surface area (Å²) in [5.41, 5.74) is 2.51. The van der Waals surface area contributed by atoms with Gasteiger partial charge in [-0.3, -0.25) is 4.79 Å². The number of nitrogens with one attached hydrogen (secondary N) is 2. The monoisotopic (exact) mass is 373 g/mol. The first-order valence-electron chi connectivity index (χ1n) is 7.92. The van der Waals surface area contributed by atoms with Crippen molar-refractivity contribution in [2.45, 2.75) is 38.6 Å². The lowest BCUT2D eigenvalue weighted by Gasteiger charge is -2.13. The van der Waals surface area contributed by atoms with E-state index >= 15 is 0 Å². The van der Waals surface area contributed by atoms with E-state index in [4.69, 9.17) is 0 Å². The maximum atomic E-state index is 12.5. The van der Waals surface area contributed by atoms with Crippen molar-refractivity contribution in [1.29, 1.82) is 0 Å². The van der Waals surface area contributed by atoms with Crippen molar-refractivity contribution < 1.29 is 4.79 Å². The Morgan fingerprint density at radius 2 is 2.00 bits per heavy atom. The largest absolute Gasteiger partial charge is 0.367 e. The Morgan fingerprint density at radius 3 is 2.74 bits per heavy atom. The van der Waals surface area contributed by atoms with Crippen LogP contribution in [0.15, 0.2) is 41.0 Å². The molecule has 0 spiro atoms. The molecule has 1 fully saturated rings. The van der Waals surface area contributed by atoms with E-state index in [1.807, 2.05) is 31.2 Å². The third kappa shape index (κ3) is 4.10. The second-order valence-electron chi connectivity index (χ2n) is 5.99. The molecule has 1 aliphatic carbocycles. The van der Waals surface area contributed by atoms with Gasteiger partial charge in [-0.15, -0.1) is 0 Å². The Hall–Kier alpha value is -1.88. The molecule has 120 valence electrons. The molecule has 2 aromatic rings. The van der Waals surface area contributed by atoms with Gasteiger partial charge in [0, 0.05) is 22.3 Å². The molecule has 0 radical (unpaired) electrons. The highest BCUT2D eigenvalue weighted by Gasteiger charge is 2.16. The number of rotatable bonds is 4. The minimum absolute atomic E-state index is 0.133. The molecular weight excluding hydrogens is 354 g/mol. The summed E-state index contributed by atoms with van der Waals surface area (Å²) in [6, 6.07) is 9.88. The van der Waals surface area contributed by atoms with Crippen LogP contribution in [0.5, 0.6) is 0 Å². The van der Waals surface area contributed by atoms with Crippen LogP contribution in [0.25, 0.3) is 0 Å². The van der Waals surface area contributed by atoms with Crippen LogP contribution >= 0.6 is 15.9 Å². The minimum atomic E-state index is -0.133. The molecule has 0 unspecified atom stereocenters. The zero-order chi connectivity index (χ0) is 16.2. The molecule has 0 saturated heterocycles. The Balaban J connectivity index is 1.71. The van der Waals surface area contributed by atoms with Crippen molar-refractivity contribution in [3.63, 3.8) is 0 Å². The van der Waals surface area contributed by atoms with Crippen molar-refractivity contribution >= 4 is 33.3 Å². The zero-order valence-corrected chi connectivity index (χ0v) is 14.7. The predicted molar refractivity (Wildman–Crippen MR) is 96.9 cm³/mol. The fourth-order valence-electron chi connectivity index (χ4n) is 2.85. The summed E-state index contributed by atoms with van der Waals surface area (Å²) in [7, 11) is 0. The molecule has 1 amide bonds. The first-order chi connectivity index (χ1) is 11.1. The number of hydrogen-bond donors (Lipinski definition) is 2. The van der Waals surface area contributed by atoms with Crippen LogP contribution in [0.4, 0.5) is 11.5 Å². The fourth-order valence-corrected chi connectivity index (χ4v) is 3.44. The van der Waals surface area contributed by atoms with E-state index in [1.165, 1.54) is 25.7 Å². The molecule has 0 aliphatic heterocycles. The minimum Gasteiger partial charge on any atom is -0.367 e. The van der Waals surface area contributed by atoms with E-state index in [9.17, 15) is 4.79 Å². The number of anilines is 2. The van der Waals surface area contributed by atoms with Crippen molar-refractivity contribution in [3.8, 4) is 0 Å². The second kappa shape index (κ2) is 7.13. The van der Waals surface area contributed by atoms with Gasteiger partial charge in [-0.1, -0.05) is 18.9 Å². The van der Waals surface area contributed by atoms with Gasteiger partial charge in [-0.25, -0.2) is 4.98 Å². The number of pyridine rings is 1. The van der Waals surface area contributed by atoms with Crippen molar-refractivity contribution in [2.24, 2.45) is 0 Å². The number of benzene rings is 1. The van der Waals surface area contributed by atoms with E-state index in [1.54, 1.807) is 12.3 Å². The molecule has 1 aromatic heterocycles. The maximum absolute atomic E-state index is 12.5. The number of aromatic nitrogens is 1. The number of nitrogens with zero attached hydrogens (tertiary/aromatic N) is 1. The van der Waals surface area contributed by atoms with Gasteiger partial charge in [0.2, 0.25) is 0 Å². The molecule has 3 rings (SSSR count). The zero-order valence-electron chi connectivity index (χ0n) is 13.1. The number of aryl methyl sites for hydroxylation is 1. The van der Waals surface area contributed by atoms with E-state index in [0.717, 1.165) is 21.5 Å². The lowest BCUT2D eigenvalue weighted by atomic mass is 10.2. The summed E-state index contributed by atoms with van der Waals surface area (Å²) in [4.78, 5) is 16.8. The molecule has 1 aromatic carbocycles. The Morgan fingerprint density at radius 1 is 1.22 bits per heavy atom. The molecule has 1 heterocycles. The quantitative estimate of drug-likeness (QED) is 0.811. The summed E-state index contributed by atoms with van der Waals surface area (Å²) in [5, 5.41) is 6.35. The van der Waals surface area contributed by atoms with Crippen LogP contribution in [-0.4, -0.2) is 16.9 Å². The van der Waals surface area contributed by atoms with Crippen LogP contribution in [0.2, 0.25) is 0 Å². The smallest absolute Gasteiger partial charge is 0.255 e. The number of halogens is 1. The number of carbonyl (C=O) groups is 1. The molecule has 1 saturated carbocycles. The number of amides is 1. The van der Waals surface area contributed by atoms with E-state index in [-0.39, 0.29) is 5.91 Å². The SMILES string of the molecule is Cc1ccc(NC(=O)c2ccnc(NC3CCCC3)c2)c(Br)c1. The van der Waals surface area contributed by atoms with Gasteiger partial charge in [-0.2, -0.15) is 0 Å². The lowest BCUT2D eigenvalue weighted by Crippen LogP contribution is -2.17. The predicted octanol–water partition coefficient (Wildman–Crippen LogP) is 4.76. The first-order valence-corrected chi connectivity index (χ1v) is 8.71. The molecule has 5 heteroatoms. The van der Waals surface area contributed by atoms with Crippen molar-refractivity contribution in [2.75, 3.05) is 10.6 Å². The Bertz CT molecular complexity index is 711. The van der Waals surface area contributed by atoms with E-state index in [2.05, 4.69) is 31.5 Å². The molecule has 1 aliphatic rings. The van der Waals surface area contributed by atoms with E-state index in [0.29, 0.717) is 11.6 Å². The van der Waals surface area contributed by atoms with Crippen LogP contribution < -0.4 is 10.6 Å². The molecule has 23 heavy (non-hydrogen) atoms. The van der Waals surface area contributed by atoms with Gasteiger partial charge in [0.1, 0.15) is 5.82 Å². The van der Waals surface area contributed by atoms with Gasteiger partial charge in [-0.05, 0) is 65.5 Å². The Kier molecular flexibility index (Phi) is 4.96. The highest BCUT2D eigenvalue weighted by molar-refractivity contribution is 9.10. The highest BCUT2D eigenvalue weighted by atomic mass is 79.9. The maximum Gasteiger partial charge on any atom is 0.255 e. The summed E-state index contributed by atoms with van der Waals surface area (Å²) < 4.78 is 0.879. The number of hydrogen-bond acceptors (Lipinski definition) is 3. The molecule has 0 bridgehead atoms. The third-order valence-corrected chi connectivity index (χ3v) is 4.76. The average molecular weight is 374 g/mol.